The summed E-state index contributed by atoms with van der Waals surface area (Å²) in [7, 11) is 2.46. The van der Waals surface area contributed by atoms with Crippen LogP contribution < -0.4 is 4.90 Å². The van der Waals surface area contributed by atoms with Crippen LogP contribution in [0.1, 0.15) is 10.4 Å². The summed E-state index contributed by atoms with van der Waals surface area (Å²) in [6, 6.07) is 5.95. The standard InChI is InChI=1S/C21H19Cl2F3N2O4S/c1-31-11-27(17-7-6-13(10-16(17)25)33-9-8-18(22)23)21(30)28(12-32-2)20(29)14-4-3-5-15(24)19(14)26/h3-8,10H,9,11-12H2,1-2H3. The number of anilines is 1. The minimum atomic E-state index is -1.42. The molecule has 0 radical (unpaired) electrons. The van der Waals surface area contributed by atoms with E-state index in [0.717, 1.165) is 23.1 Å². The van der Waals surface area contributed by atoms with E-state index in [1.807, 2.05) is 0 Å². The van der Waals surface area contributed by atoms with Gasteiger partial charge in [-0.25, -0.2) is 22.9 Å². The molecule has 0 heterocycles. The lowest BCUT2D eigenvalue weighted by atomic mass is 10.2. The van der Waals surface area contributed by atoms with E-state index in [2.05, 4.69) is 0 Å². The largest absolute Gasteiger partial charge is 0.364 e. The van der Waals surface area contributed by atoms with Gasteiger partial charge >= 0.3 is 6.03 Å². The van der Waals surface area contributed by atoms with Gasteiger partial charge in [-0.05, 0) is 36.4 Å². The number of hydrogen-bond donors (Lipinski definition) is 0. The normalized spacial score (nSPS) is 10.6. The maximum absolute atomic E-state index is 14.9. The molecule has 0 atom stereocenters. The van der Waals surface area contributed by atoms with Crippen LogP contribution >= 0.6 is 35.0 Å². The lowest BCUT2D eigenvalue weighted by Gasteiger charge is -2.29. The summed E-state index contributed by atoms with van der Waals surface area (Å²) < 4.78 is 52.6. The molecule has 0 bridgehead atoms. The van der Waals surface area contributed by atoms with Gasteiger partial charge in [0.2, 0.25) is 0 Å². The molecule has 6 nitrogen and oxygen atoms in total. The fraction of sp³-hybridized carbons (Fsp3) is 0.238. The molecular formula is C21H19Cl2F3N2O4S. The van der Waals surface area contributed by atoms with Crippen molar-refractivity contribution in [2.45, 2.75) is 4.90 Å². The van der Waals surface area contributed by atoms with E-state index in [4.69, 9.17) is 32.7 Å². The first-order valence-corrected chi connectivity index (χ1v) is 10.9. The molecule has 12 heteroatoms. The van der Waals surface area contributed by atoms with Crippen molar-refractivity contribution in [3.05, 3.63) is 70.0 Å². The Morgan fingerprint density at radius 1 is 1.03 bits per heavy atom. The highest BCUT2D eigenvalue weighted by atomic mass is 35.5. The highest BCUT2D eigenvalue weighted by molar-refractivity contribution is 7.99. The van der Waals surface area contributed by atoms with E-state index < -0.39 is 48.4 Å². The number of carbonyl (C=O) groups excluding carboxylic acids is 2. The Morgan fingerprint density at radius 2 is 1.73 bits per heavy atom. The Kier molecular flexibility index (Phi) is 10.5. The summed E-state index contributed by atoms with van der Waals surface area (Å²) in [6.45, 7) is -1.04. The van der Waals surface area contributed by atoms with Crippen LogP contribution in [0.5, 0.6) is 0 Å². The first-order valence-electron chi connectivity index (χ1n) is 9.20. The van der Waals surface area contributed by atoms with Gasteiger partial charge in [0.05, 0.1) is 11.3 Å². The zero-order chi connectivity index (χ0) is 24.5. The lowest BCUT2D eigenvalue weighted by molar-refractivity contribution is 0.0528. The molecule has 3 amide bonds. The first-order chi connectivity index (χ1) is 15.7. The van der Waals surface area contributed by atoms with Crippen molar-refractivity contribution in [1.82, 2.24) is 4.90 Å². The first kappa shape index (κ1) is 27.0. The van der Waals surface area contributed by atoms with Gasteiger partial charge in [-0.15, -0.1) is 11.8 Å². The smallest absolute Gasteiger partial charge is 0.335 e. The molecule has 0 aliphatic rings. The number of methoxy groups -OCH3 is 2. The predicted molar refractivity (Wildman–Crippen MR) is 121 cm³/mol. The van der Waals surface area contributed by atoms with Crippen molar-refractivity contribution in [3.8, 4) is 0 Å². The van der Waals surface area contributed by atoms with Crippen molar-refractivity contribution < 1.29 is 32.2 Å². The van der Waals surface area contributed by atoms with E-state index in [-0.39, 0.29) is 10.2 Å². The van der Waals surface area contributed by atoms with E-state index >= 15 is 0 Å². The van der Waals surface area contributed by atoms with Gasteiger partial charge in [-0.1, -0.05) is 29.3 Å². The number of thioether (sulfide) groups is 1. The molecule has 0 aromatic heterocycles. The lowest BCUT2D eigenvalue weighted by Crippen LogP contribution is -2.48. The second kappa shape index (κ2) is 12.9. The third-order valence-corrected chi connectivity index (χ3v) is 5.33. The molecule has 0 aliphatic carbocycles. The fourth-order valence-corrected chi connectivity index (χ4v) is 3.77. The van der Waals surface area contributed by atoms with Gasteiger partial charge < -0.3 is 9.47 Å². The SMILES string of the molecule is COCN(C(=O)c1cccc(F)c1F)C(=O)N(COC)c1ccc(SCC=C(Cl)Cl)cc1F. The Hall–Kier alpha value is -2.24. The summed E-state index contributed by atoms with van der Waals surface area (Å²) in [5, 5.41) is 0. The van der Waals surface area contributed by atoms with Crippen LogP contribution in [0.3, 0.4) is 0 Å². The predicted octanol–water partition coefficient (Wildman–Crippen LogP) is 5.79. The van der Waals surface area contributed by atoms with Gasteiger partial charge in [-0.2, -0.15) is 0 Å². The van der Waals surface area contributed by atoms with Crippen LogP contribution in [0.2, 0.25) is 0 Å². The molecule has 2 aromatic rings. The van der Waals surface area contributed by atoms with Crippen molar-refractivity contribution in [2.75, 3.05) is 38.3 Å². The topological polar surface area (TPSA) is 59.1 Å². The summed E-state index contributed by atoms with van der Waals surface area (Å²) >= 11 is 12.3. The molecule has 0 saturated heterocycles. The number of urea groups is 1. The van der Waals surface area contributed by atoms with E-state index in [1.165, 1.54) is 44.2 Å². The molecule has 0 fully saturated rings. The average Bonchev–Trinajstić information content (AvgIpc) is 2.77. The number of imide groups is 1. The number of amides is 3. The van der Waals surface area contributed by atoms with Crippen LogP contribution in [0.15, 0.2) is 51.9 Å². The minimum absolute atomic E-state index is 0.0779. The summed E-state index contributed by atoms with van der Waals surface area (Å²) in [5.74, 6) is -4.25. The highest BCUT2D eigenvalue weighted by Gasteiger charge is 2.31. The van der Waals surface area contributed by atoms with Crippen LogP contribution in [0.25, 0.3) is 0 Å². The summed E-state index contributed by atoms with van der Waals surface area (Å²) in [4.78, 5) is 27.9. The highest BCUT2D eigenvalue weighted by Crippen LogP contribution is 2.28. The quantitative estimate of drug-likeness (QED) is 0.308. The van der Waals surface area contributed by atoms with Crippen molar-refractivity contribution in [2.24, 2.45) is 0 Å². The molecule has 0 saturated carbocycles. The number of hydrogen-bond acceptors (Lipinski definition) is 5. The van der Waals surface area contributed by atoms with Crippen LogP contribution in [-0.4, -0.2) is 50.3 Å². The Morgan fingerprint density at radius 3 is 2.33 bits per heavy atom. The number of ether oxygens (including phenoxy) is 2. The van der Waals surface area contributed by atoms with Crippen molar-refractivity contribution in [3.63, 3.8) is 0 Å². The van der Waals surface area contributed by atoms with Gasteiger partial charge in [0.25, 0.3) is 5.91 Å². The van der Waals surface area contributed by atoms with E-state index in [0.29, 0.717) is 15.5 Å². The maximum atomic E-state index is 14.9. The molecule has 178 valence electrons. The van der Waals surface area contributed by atoms with Crippen LogP contribution in [0.4, 0.5) is 23.7 Å². The number of carbonyl (C=O) groups is 2. The maximum Gasteiger partial charge on any atom is 0.335 e. The average molecular weight is 523 g/mol. The third kappa shape index (κ3) is 7.12. The van der Waals surface area contributed by atoms with Gasteiger partial charge in [-0.3, -0.25) is 9.69 Å². The van der Waals surface area contributed by atoms with Gasteiger partial charge in [0.15, 0.2) is 11.6 Å². The van der Waals surface area contributed by atoms with Gasteiger partial charge in [0.1, 0.15) is 23.8 Å². The number of rotatable bonds is 9. The Balaban J connectivity index is 2.37. The molecular weight excluding hydrogens is 504 g/mol. The van der Waals surface area contributed by atoms with E-state index in [1.54, 1.807) is 6.07 Å². The Bertz CT molecular complexity index is 1040. The second-order valence-electron chi connectivity index (χ2n) is 6.30. The number of nitrogens with zero attached hydrogens (tertiary/aromatic N) is 2. The van der Waals surface area contributed by atoms with Gasteiger partial charge in [0, 0.05) is 24.9 Å². The zero-order valence-electron chi connectivity index (χ0n) is 17.5. The third-order valence-electron chi connectivity index (χ3n) is 4.10. The molecule has 0 N–H and O–H groups in total. The van der Waals surface area contributed by atoms with E-state index in [9.17, 15) is 22.8 Å². The molecule has 2 rings (SSSR count). The number of halogens is 5. The van der Waals surface area contributed by atoms with Crippen molar-refractivity contribution >= 4 is 52.6 Å². The van der Waals surface area contributed by atoms with Crippen LogP contribution in [0, 0.1) is 17.5 Å². The zero-order valence-corrected chi connectivity index (χ0v) is 19.8. The molecule has 0 unspecified atom stereocenters. The minimum Gasteiger partial charge on any atom is -0.364 e. The molecule has 2 aromatic carbocycles. The monoisotopic (exact) mass is 522 g/mol. The summed E-state index contributed by atoms with van der Waals surface area (Å²) in [6.07, 6.45) is 1.53. The second-order valence-corrected chi connectivity index (χ2v) is 8.40. The van der Waals surface area contributed by atoms with Crippen molar-refractivity contribution in [1.29, 1.82) is 0 Å². The molecule has 0 spiro atoms. The molecule has 33 heavy (non-hydrogen) atoms. The summed E-state index contributed by atoms with van der Waals surface area (Å²) in [5.41, 5.74) is -0.887. The fourth-order valence-electron chi connectivity index (χ4n) is 2.64. The van der Waals surface area contributed by atoms with Crippen LogP contribution in [-0.2, 0) is 9.47 Å². The number of benzene rings is 2. The Labute approximate surface area is 202 Å². The molecule has 0 aliphatic heterocycles.